The Hall–Kier alpha value is 0.0200. The van der Waals surface area contributed by atoms with Crippen LogP contribution in [0.15, 0.2) is 0 Å². The molecule has 0 N–H and O–H groups in total. The average Bonchev–Trinajstić information content (AvgIpc) is 1.66. The molecule has 0 aliphatic rings. The highest BCUT2D eigenvalue weighted by atomic mass is 32.1. The Morgan fingerprint density at radius 2 is 2.12 bits per heavy atom. The highest BCUT2D eigenvalue weighted by Gasteiger charge is 1.90. The third kappa shape index (κ3) is 6.02. The molecule has 0 aliphatic heterocycles. The Bertz CT molecular complexity index is 70.9. The van der Waals surface area contributed by atoms with Gasteiger partial charge in [-0.1, -0.05) is 19.8 Å². The summed E-state index contributed by atoms with van der Waals surface area (Å²) in [6.45, 7) is 2.11. The van der Waals surface area contributed by atoms with Gasteiger partial charge in [0.05, 0.1) is 0 Å². The van der Waals surface area contributed by atoms with E-state index in [2.05, 4.69) is 19.6 Å². The molecule has 0 saturated carbocycles. The molecule has 0 fully saturated rings. The first kappa shape index (κ1) is 8.02. The van der Waals surface area contributed by atoms with E-state index in [0.29, 0.717) is 6.42 Å². The molecule has 0 aliphatic carbocycles. The van der Waals surface area contributed by atoms with Gasteiger partial charge in [0.25, 0.3) is 0 Å². The van der Waals surface area contributed by atoms with Crippen LogP contribution in [0.25, 0.3) is 0 Å². The number of carbonyl (C=O) groups excluding carboxylic acids is 1. The highest BCUT2D eigenvalue weighted by Crippen LogP contribution is 2.00. The predicted molar refractivity (Wildman–Crippen MR) is 38.1 cm³/mol. The Balaban J connectivity index is 2.82. The van der Waals surface area contributed by atoms with E-state index < -0.39 is 0 Å². The lowest BCUT2D eigenvalue weighted by Crippen LogP contribution is -1.84. The van der Waals surface area contributed by atoms with Crippen molar-refractivity contribution in [1.29, 1.82) is 0 Å². The molecule has 48 valence electrons. The molecule has 0 aromatic heterocycles. The fourth-order valence-electron chi connectivity index (χ4n) is 0.526. The molecule has 0 heterocycles. The maximum atomic E-state index is 10.2. The van der Waals surface area contributed by atoms with Crippen molar-refractivity contribution in [3.8, 4) is 0 Å². The van der Waals surface area contributed by atoms with Crippen molar-refractivity contribution in [2.45, 2.75) is 32.6 Å². The van der Waals surface area contributed by atoms with Crippen LogP contribution in [0.5, 0.6) is 0 Å². The van der Waals surface area contributed by atoms with Crippen molar-refractivity contribution < 1.29 is 4.79 Å². The van der Waals surface area contributed by atoms with E-state index in [-0.39, 0.29) is 5.12 Å². The minimum Gasteiger partial charge on any atom is -0.288 e. The van der Waals surface area contributed by atoms with Gasteiger partial charge in [0.1, 0.15) is 0 Å². The number of hydrogen-bond acceptors (Lipinski definition) is 1. The summed E-state index contributed by atoms with van der Waals surface area (Å²) in [6.07, 6.45) is 3.95. The normalized spacial score (nSPS) is 9.25. The Morgan fingerprint density at radius 3 is 2.50 bits per heavy atom. The van der Waals surface area contributed by atoms with Crippen molar-refractivity contribution >= 4 is 17.7 Å². The minimum atomic E-state index is 0.0125. The van der Waals surface area contributed by atoms with Crippen LogP contribution in [-0.4, -0.2) is 5.12 Å². The maximum Gasteiger partial charge on any atom is 0.185 e. The zero-order chi connectivity index (χ0) is 6.41. The van der Waals surface area contributed by atoms with Gasteiger partial charge in [0.2, 0.25) is 0 Å². The van der Waals surface area contributed by atoms with Gasteiger partial charge in [-0.3, -0.25) is 4.79 Å². The van der Waals surface area contributed by atoms with Gasteiger partial charge in [-0.2, -0.15) is 0 Å². The van der Waals surface area contributed by atoms with E-state index in [1.807, 2.05) is 0 Å². The Labute approximate surface area is 55.9 Å². The molecule has 0 aromatic rings. The van der Waals surface area contributed by atoms with Crippen molar-refractivity contribution in [2.24, 2.45) is 0 Å². The second-order valence-electron chi connectivity index (χ2n) is 1.85. The summed E-state index contributed by atoms with van der Waals surface area (Å²) >= 11 is 3.63. The third-order valence-corrected chi connectivity index (χ3v) is 1.22. The molecule has 0 bridgehead atoms. The topological polar surface area (TPSA) is 17.1 Å². The molecular formula is C6H12OS. The zero-order valence-corrected chi connectivity index (χ0v) is 6.08. The highest BCUT2D eigenvalue weighted by molar-refractivity contribution is 7.96. The van der Waals surface area contributed by atoms with Gasteiger partial charge in [-0.05, 0) is 6.42 Å². The van der Waals surface area contributed by atoms with Crippen molar-refractivity contribution in [3.63, 3.8) is 0 Å². The first-order valence-electron chi connectivity index (χ1n) is 2.99. The summed E-state index contributed by atoms with van der Waals surface area (Å²) in [4.78, 5) is 10.2. The van der Waals surface area contributed by atoms with E-state index in [1.54, 1.807) is 0 Å². The molecule has 0 amide bonds. The van der Waals surface area contributed by atoms with Crippen LogP contribution in [0.2, 0.25) is 0 Å². The van der Waals surface area contributed by atoms with Crippen LogP contribution in [0.1, 0.15) is 32.6 Å². The molecule has 0 radical (unpaired) electrons. The fourth-order valence-corrected chi connectivity index (χ4v) is 0.684. The van der Waals surface area contributed by atoms with Crippen LogP contribution in [0, 0.1) is 0 Å². The van der Waals surface area contributed by atoms with Crippen LogP contribution in [0.4, 0.5) is 0 Å². The van der Waals surface area contributed by atoms with E-state index >= 15 is 0 Å². The number of hydrogen-bond donors (Lipinski definition) is 1. The second kappa shape index (κ2) is 5.16. The van der Waals surface area contributed by atoms with Crippen LogP contribution >= 0.6 is 12.6 Å². The molecule has 1 nitrogen and oxygen atoms in total. The van der Waals surface area contributed by atoms with E-state index in [0.717, 1.165) is 12.8 Å². The molecular weight excluding hydrogens is 120 g/mol. The summed E-state index contributed by atoms with van der Waals surface area (Å²) in [5, 5.41) is 0.0125. The quantitative estimate of drug-likeness (QED) is 0.457. The summed E-state index contributed by atoms with van der Waals surface area (Å²) in [5.74, 6) is 0. The molecule has 0 atom stereocenters. The van der Waals surface area contributed by atoms with Crippen molar-refractivity contribution in [3.05, 3.63) is 0 Å². The van der Waals surface area contributed by atoms with Crippen molar-refractivity contribution in [2.75, 3.05) is 0 Å². The van der Waals surface area contributed by atoms with Crippen LogP contribution in [-0.2, 0) is 4.79 Å². The monoisotopic (exact) mass is 132 g/mol. The van der Waals surface area contributed by atoms with Gasteiger partial charge in [-0.25, -0.2) is 0 Å². The predicted octanol–water partition coefficient (Wildman–Crippen LogP) is 2.02. The smallest absolute Gasteiger partial charge is 0.185 e. The molecule has 0 saturated heterocycles. The Morgan fingerprint density at radius 1 is 1.50 bits per heavy atom. The van der Waals surface area contributed by atoms with Gasteiger partial charge in [-0.15, -0.1) is 12.6 Å². The number of thiol groups is 1. The molecule has 2 heteroatoms. The number of rotatable bonds is 4. The lowest BCUT2D eigenvalue weighted by molar-refractivity contribution is -0.110. The van der Waals surface area contributed by atoms with Crippen LogP contribution in [0.3, 0.4) is 0 Å². The SMILES string of the molecule is CCCCCC(=O)S. The molecule has 0 aromatic carbocycles. The van der Waals surface area contributed by atoms with Crippen LogP contribution < -0.4 is 0 Å². The van der Waals surface area contributed by atoms with Crippen molar-refractivity contribution in [1.82, 2.24) is 0 Å². The second-order valence-corrected chi connectivity index (χ2v) is 2.35. The number of carbonyl (C=O) groups is 1. The standard InChI is InChI=1S/C6H12OS/c1-2-3-4-5-6(7)8/h2-5H2,1H3,(H,7,8). The molecule has 0 rings (SSSR count). The lowest BCUT2D eigenvalue weighted by Gasteiger charge is -1.90. The van der Waals surface area contributed by atoms with Gasteiger partial charge in [0, 0.05) is 6.42 Å². The summed E-state index contributed by atoms with van der Waals surface area (Å²) in [5.41, 5.74) is 0. The van der Waals surface area contributed by atoms with Gasteiger partial charge >= 0.3 is 0 Å². The fraction of sp³-hybridized carbons (Fsp3) is 0.833. The average molecular weight is 132 g/mol. The molecule has 8 heavy (non-hydrogen) atoms. The van der Waals surface area contributed by atoms with Gasteiger partial charge < -0.3 is 0 Å². The summed E-state index contributed by atoms with van der Waals surface area (Å²) in [7, 11) is 0. The first-order chi connectivity index (χ1) is 3.77. The number of unbranched alkanes of at least 4 members (excludes halogenated alkanes) is 2. The van der Waals surface area contributed by atoms with E-state index in [9.17, 15) is 4.79 Å². The molecule has 0 spiro atoms. The summed E-state index contributed by atoms with van der Waals surface area (Å²) < 4.78 is 0. The first-order valence-corrected chi connectivity index (χ1v) is 3.44. The molecule has 0 unspecified atom stereocenters. The zero-order valence-electron chi connectivity index (χ0n) is 5.18. The van der Waals surface area contributed by atoms with E-state index in [1.165, 1.54) is 6.42 Å². The van der Waals surface area contributed by atoms with Gasteiger partial charge in [0.15, 0.2) is 5.12 Å². The summed E-state index contributed by atoms with van der Waals surface area (Å²) in [6, 6.07) is 0. The Kier molecular flexibility index (Phi) is 5.18. The van der Waals surface area contributed by atoms with E-state index in [4.69, 9.17) is 0 Å². The lowest BCUT2D eigenvalue weighted by atomic mass is 10.2. The minimum absolute atomic E-state index is 0.0125. The largest absolute Gasteiger partial charge is 0.288 e. The third-order valence-electron chi connectivity index (χ3n) is 0.994. The maximum absolute atomic E-state index is 10.2.